The van der Waals surface area contributed by atoms with Crippen molar-refractivity contribution in [3.63, 3.8) is 0 Å². The molecule has 0 unspecified atom stereocenters. The molecule has 0 atom stereocenters. The summed E-state index contributed by atoms with van der Waals surface area (Å²) >= 11 is 0. The molecule has 3 rings (SSSR count). The maximum absolute atomic E-state index is 12.0. The molecule has 2 aromatic carbocycles. The van der Waals surface area contributed by atoms with Crippen molar-refractivity contribution in [3.8, 4) is 17.2 Å². The molecule has 1 saturated carbocycles. The summed E-state index contributed by atoms with van der Waals surface area (Å²) in [4.78, 5) is 35.3. The third-order valence-corrected chi connectivity index (χ3v) is 5.75. The molecule has 0 amide bonds. The highest BCUT2D eigenvalue weighted by atomic mass is 16.6. The minimum absolute atomic E-state index is 0.0985. The lowest BCUT2D eigenvalue weighted by Gasteiger charge is -2.24. The van der Waals surface area contributed by atoms with Gasteiger partial charge in [0.1, 0.15) is 5.75 Å². The van der Waals surface area contributed by atoms with Crippen molar-refractivity contribution < 1.29 is 28.6 Å². The van der Waals surface area contributed by atoms with Crippen molar-refractivity contribution in [3.05, 3.63) is 97.1 Å². The van der Waals surface area contributed by atoms with Gasteiger partial charge in [0.2, 0.25) is 0 Å². The zero-order chi connectivity index (χ0) is 25.4. The largest absolute Gasteiger partial charge is 0.423 e. The molecule has 6 heteroatoms. The molecule has 2 aromatic rings. The molecule has 0 bridgehead atoms. The lowest BCUT2D eigenvalue weighted by molar-refractivity contribution is -0.131. The van der Waals surface area contributed by atoms with Crippen LogP contribution < -0.4 is 14.2 Å². The molecule has 0 aromatic heterocycles. The molecule has 0 saturated heterocycles. The van der Waals surface area contributed by atoms with E-state index in [0.29, 0.717) is 11.7 Å². The minimum Gasteiger partial charge on any atom is -0.423 e. The fourth-order valence-corrected chi connectivity index (χ4v) is 3.91. The Morgan fingerprint density at radius 2 is 1.26 bits per heavy atom. The van der Waals surface area contributed by atoms with Gasteiger partial charge in [-0.15, -0.1) is 0 Å². The van der Waals surface area contributed by atoms with Crippen molar-refractivity contribution >= 4 is 23.5 Å². The summed E-state index contributed by atoms with van der Waals surface area (Å²) in [6.45, 7) is 12.5. The van der Waals surface area contributed by atoms with Crippen LogP contribution in [0.3, 0.4) is 0 Å². The summed E-state index contributed by atoms with van der Waals surface area (Å²) in [6, 6.07) is 12.3. The van der Waals surface area contributed by atoms with Crippen LogP contribution in [0.1, 0.15) is 43.7 Å². The highest BCUT2D eigenvalue weighted by molar-refractivity contribution is 5.88. The lowest BCUT2D eigenvalue weighted by Crippen LogP contribution is -2.10. The highest BCUT2D eigenvalue weighted by Gasteiger charge is 2.21. The Bertz CT molecular complexity index is 1180. The number of ether oxygens (including phenoxy) is 3. The average Bonchev–Trinajstić information content (AvgIpc) is 2.87. The van der Waals surface area contributed by atoms with Crippen LogP contribution in [0, 0.1) is 5.92 Å². The van der Waals surface area contributed by atoms with Gasteiger partial charge in [0, 0.05) is 18.2 Å². The number of benzene rings is 2. The first-order chi connectivity index (χ1) is 16.8. The molecule has 1 aliphatic rings. The summed E-state index contributed by atoms with van der Waals surface area (Å²) in [6.07, 6.45) is 7.18. The fraction of sp³-hybridized carbons (Fsp3) is 0.207. The van der Waals surface area contributed by atoms with Gasteiger partial charge in [0.15, 0.2) is 11.5 Å². The van der Waals surface area contributed by atoms with Crippen LogP contribution in [0.5, 0.6) is 17.2 Å². The van der Waals surface area contributed by atoms with Gasteiger partial charge in [0.25, 0.3) is 0 Å². The Hall–Kier alpha value is -4.19. The number of hydrogen-bond donors (Lipinski definition) is 0. The van der Waals surface area contributed by atoms with E-state index in [1.54, 1.807) is 24.3 Å². The van der Waals surface area contributed by atoms with Crippen molar-refractivity contribution in [2.24, 2.45) is 5.92 Å². The Kier molecular flexibility index (Phi) is 8.57. The second-order valence-corrected chi connectivity index (χ2v) is 8.22. The lowest BCUT2D eigenvalue weighted by atomic mass is 9.81. The van der Waals surface area contributed by atoms with E-state index in [0.717, 1.165) is 60.6 Å². The number of rotatable bonds is 8. The Morgan fingerprint density at radius 1 is 0.743 bits per heavy atom. The van der Waals surface area contributed by atoms with Gasteiger partial charge in [-0.05, 0) is 72.6 Å². The first-order valence-electron chi connectivity index (χ1n) is 11.3. The molecule has 0 heterocycles. The minimum atomic E-state index is -0.674. The summed E-state index contributed by atoms with van der Waals surface area (Å²) in [7, 11) is 0. The van der Waals surface area contributed by atoms with Crippen LogP contribution >= 0.6 is 0 Å². The standard InChI is InChI=1S/C29H28O6/c1-5-26(30)33-23-15-12-21(13-16-23)29(20-10-8-19(4)9-11-20)22-14-17-24(34-27(31)6-2)25(18-22)35-28(32)7-3/h5-7,12-19H,1-3,8-11H2,4H3. The molecule has 6 nitrogen and oxygen atoms in total. The third kappa shape index (κ3) is 6.67. The predicted molar refractivity (Wildman–Crippen MR) is 134 cm³/mol. The fourth-order valence-electron chi connectivity index (χ4n) is 3.91. The maximum Gasteiger partial charge on any atom is 0.335 e. The van der Waals surface area contributed by atoms with Gasteiger partial charge in [-0.3, -0.25) is 0 Å². The summed E-state index contributed by atoms with van der Waals surface area (Å²) in [5, 5.41) is 0. The molecule has 0 spiro atoms. The first-order valence-corrected chi connectivity index (χ1v) is 11.3. The zero-order valence-corrected chi connectivity index (χ0v) is 19.8. The summed E-state index contributed by atoms with van der Waals surface area (Å²) in [5.74, 6) is -0.622. The number of hydrogen-bond acceptors (Lipinski definition) is 6. The van der Waals surface area contributed by atoms with E-state index in [-0.39, 0.29) is 11.5 Å². The van der Waals surface area contributed by atoms with E-state index in [1.165, 1.54) is 5.57 Å². The Balaban J connectivity index is 2.09. The average molecular weight is 473 g/mol. The maximum atomic E-state index is 12.0. The topological polar surface area (TPSA) is 78.9 Å². The molecule has 1 fully saturated rings. The van der Waals surface area contributed by atoms with Gasteiger partial charge in [0.05, 0.1) is 0 Å². The van der Waals surface area contributed by atoms with Gasteiger partial charge in [-0.2, -0.15) is 0 Å². The normalized spacial score (nSPS) is 14.9. The second kappa shape index (κ2) is 11.8. The quantitative estimate of drug-likeness (QED) is 0.267. The van der Waals surface area contributed by atoms with Crippen molar-refractivity contribution in [1.29, 1.82) is 0 Å². The van der Waals surface area contributed by atoms with E-state index >= 15 is 0 Å². The molecule has 180 valence electrons. The summed E-state index contributed by atoms with van der Waals surface area (Å²) < 4.78 is 15.9. The van der Waals surface area contributed by atoms with E-state index in [9.17, 15) is 14.4 Å². The number of carbonyl (C=O) groups excluding carboxylic acids is 3. The van der Waals surface area contributed by atoms with Crippen LogP contribution in [-0.2, 0) is 14.4 Å². The zero-order valence-electron chi connectivity index (χ0n) is 19.8. The molecular weight excluding hydrogens is 444 g/mol. The summed E-state index contributed by atoms with van der Waals surface area (Å²) in [5.41, 5.74) is 3.99. The van der Waals surface area contributed by atoms with Crippen molar-refractivity contribution in [2.75, 3.05) is 0 Å². The predicted octanol–water partition coefficient (Wildman–Crippen LogP) is 5.97. The van der Waals surface area contributed by atoms with E-state index in [2.05, 4.69) is 26.7 Å². The molecular formula is C29H28O6. The van der Waals surface area contributed by atoms with Crippen LogP contribution in [-0.4, -0.2) is 17.9 Å². The molecule has 0 N–H and O–H groups in total. The van der Waals surface area contributed by atoms with Gasteiger partial charge < -0.3 is 14.2 Å². The second-order valence-electron chi connectivity index (χ2n) is 8.22. The van der Waals surface area contributed by atoms with Crippen molar-refractivity contribution in [2.45, 2.75) is 32.6 Å². The van der Waals surface area contributed by atoms with Gasteiger partial charge in [-0.1, -0.05) is 50.4 Å². The smallest absolute Gasteiger partial charge is 0.335 e. The Labute approximate surface area is 205 Å². The van der Waals surface area contributed by atoms with Gasteiger partial charge in [-0.25, -0.2) is 14.4 Å². The number of carbonyl (C=O) groups is 3. The number of allylic oxidation sites excluding steroid dienone is 1. The van der Waals surface area contributed by atoms with E-state index in [4.69, 9.17) is 14.2 Å². The monoisotopic (exact) mass is 472 g/mol. The van der Waals surface area contributed by atoms with E-state index in [1.807, 2.05) is 18.2 Å². The van der Waals surface area contributed by atoms with Crippen LogP contribution in [0.25, 0.3) is 5.57 Å². The van der Waals surface area contributed by atoms with Crippen LogP contribution in [0.4, 0.5) is 0 Å². The van der Waals surface area contributed by atoms with Crippen LogP contribution in [0.15, 0.2) is 86.0 Å². The third-order valence-electron chi connectivity index (χ3n) is 5.75. The van der Waals surface area contributed by atoms with Crippen molar-refractivity contribution in [1.82, 2.24) is 0 Å². The first kappa shape index (κ1) is 25.4. The van der Waals surface area contributed by atoms with E-state index < -0.39 is 17.9 Å². The molecule has 35 heavy (non-hydrogen) atoms. The highest BCUT2D eigenvalue weighted by Crippen LogP contribution is 2.40. The molecule has 0 radical (unpaired) electrons. The molecule has 1 aliphatic carbocycles. The molecule has 0 aliphatic heterocycles. The van der Waals surface area contributed by atoms with Gasteiger partial charge >= 0.3 is 17.9 Å². The SMILES string of the molecule is C=CC(=O)Oc1ccc(C(=C2CCC(C)CC2)c2ccc(OC(=O)C=C)c(OC(=O)C=C)c2)cc1. The Morgan fingerprint density at radius 3 is 1.83 bits per heavy atom. The number of esters is 3. The van der Waals surface area contributed by atoms with Crippen LogP contribution in [0.2, 0.25) is 0 Å².